The van der Waals surface area contributed by atoms with Gasteiger partial charge in [0, 0.05) is 6.54 Å². The molecule has 0 spiro atoms. The Hall–Kier alpha value is -2.43. The molecule has 1 N–H and O–H groups in total. The molecule has 0 heterocycles. The SMILES string of the molecule is O=S(=O)(NCc1ccccc1)[C@@H](Cc1ccccc1)c1ccccc1. The first kappa shape index (κ1) is 17.4. The van der Waals surface area contributed by atoms with Crippen LogP contribution in [0.4, 0.5) is 0 Å². The summed E-state index contributed by atoms with van der Waals surface area (Å²) in [5.74, 6) is 0. The van der Waals surface area contributed by atoms with Crippen LogP contribution in [0.2, 0.25) is 0 Å². The van der Waals surface area contributed by atoms with Gasteiger partial charge in [-0.25, -0.2) is 13.1 Å². The Morgan fingerprint density at radius 1 is 0.680 bits per heavy atom. The minimum Gasteiger partial charge on any atom is -0.212 e. The lowest BCUT2D eigenvalue weighted by Crippen LogP contribution is -2.30. The summed E-state index contributed by atoms with van der Waals surface area (Å²) in [6.07, 6.45) is 0.439. The summed E-state index contributed by atoms with van der Waals surface area (Å²) in [6.45, 7) is 0.293. The van der Waals surface area contributed by atoms with Crippen LogP contribution in [-0.2, 0) is 23.0 Å². The van der Waals surface area contributed by atoms with Crippen LogP contribution in [0.3, 0.4) is 0 Å². The number of sulfonamides is 1. The van der Waals surface area contributed by atoms with Crippen LogP contribution >= 0.6 is 0 Å². The molecule has 1 atom stereocenters. The molecule has 25 heavy (non-hydrogen) atoms. The van der Waals surface area contributed by atoms with Gasteiger partial charge in [-0.1, -0.05) is 91.0 Å². The number of benzene rings is 3. The summed E-state index contributed by atoms with van der Waals surface area (Å²) in [6, 6.07) is 28.7. The molecule has 0 aliphatic carbocycles. The second-order valence-corrected chi connectivity index (χ2v) is 7.89. The van der Waals surface area contributed by atoms with Gasteiger partial charge < -0.3 is 0 Å². The smallest absolute Gasteiger partial charge is 0.212 e. The van der Waals surface area contributed by atoms with Crippen molar-refractivity contribution >= 4 is 10.0 Å². The monoisotopic (exact) mass is 351 g/mol. The number of hydrogen-bond donors (Lipinski definition) is 1. The van der Waals surface area contributed by atoms with Gasteiger partial charge in [0.2, 0.25) is 10.0 Å². The maximum absolute atomic E-state index is 13.0. The van der Waals surface area contributed by atoms with Crippen molar-refractivity contribution in [1.82, 2.24) is 4.72 Å². The Morgan fingerprint density at radius 2 is 1.16 bits per heavy atom. The molecular formula is C21H21NO2S. The van der Waals surface area contributed by atoms with Crippen LogP contribution < -0.4 is 4.72 Å². The minimum atomic E-state index is -3.52. The van der Waals surface area contributed by atoms with Crippen molar-refractivity contribution in [2.45, 2.75) is 18.2 Å². The molecule has 0 aliphatic rings. The molecule has 0 radical (unpaired) electrons. The van der Waals surface area contributed by atoms with Crippen LogP contribution in [0, 0.1) is 0 Å². The van der Waals surface area contributed by atoms with E-state index in [-0.39, 0.29) is 0 Å². The zero-order valence-electron chi connectivity index (χ0n) is 13.9. The Labute approximate surface area is 149 Å². The molecule has 3 aromatic rings. The fourth-order valence-electron chi connectivity index (χ4n) is 2.78. The zero-order chi connectivity index (χ0) is 17.5. The van der Waals surface area contributed by atoms with Gasteiger partial charge in [0.1, 0.15) is 5.25 Å². The fourth-order valence-corrected chi connectivity index (χ4v) is 4.28. The molecule has 0 unspecified atom stereocenters. The van der Waals surface area contributed by atoms with Crippen molar-refractivity contribution in [2.24, 2.45) is 0 Å². The highest BCUT2D eigenvalue weighted by molar-refractivity contribution is 7.89. The van der Waals surface area contributed by atoms with Gasteiger partial charge in [0.25, 0.3) is 0 Å². The molecule has 4 heteroatoms. The topological polar surface area (TPSA) is 46.2 Å². The molecule has 3 nitrogen and oxygen atoms in total. The van der Waals surface area contributed by atoms with Crippen molar-refractivity contribution in [2.75, 3.05) is 0 Å². The molecule has 0 aliphatic heterocycles. The van der Waals surface area contributed by atoms with E-state index in [2.05, 4.69) is 4.72 Å². The van der Waals surface area contributed by atoms with Crippen molar-refractivity contribution in [3.63, 3.8) is 0 Å². The Balaban J connectivity index is 1.85. The number of rotatable bonds is 7. The van der Waals surface area contributed by atoms with Crippen molar-refractivity contribution < 1.29 is 8.42 Å². The van der Waals surface area contributed by atoms with Crippen molar-refractivity contribution in [3.05, 3.63) is 108 Å². The van der Waals surface area contributed by atoms with E-state index in [1.807, 2.05) is 91.0 Å². The van der Waals surface area contributed by atoms with E-state index in [1.54, 1.807) is 0 Å². The third kappa shape index (κ3) is 4.78. The number of hydrogen-bond acceptors (Lipinski definition) is 2. The van der Waals surface area contributed by atoms with E-state index in [1.165, 1.54) is 0 Å². The Kier molecular flexibility index (Phi) is 5.64. The molecule has 0 amide bonds. The molecule has 0 saturated heterocycles. The van der Waals surface area contributed by atoms with Crippen LogP contribution in [0.25, 0.3) is 0 Å². The Morgan fingerprint density at radius 3 is 1.72 bits per heavy atom. The Bertz CT molecular complexity index is 879. The van der Waals surface area contributed by atoms with Gasteiger partial charge in [-0.15, -0.1) is 0 Å². The van der Waals surface area contributed by atoms with E-state index in [0.717, 1.165) is 16.7 Å². The third-order valence-electron chi connectivity index (χ3n) is 4.13. The molecule has 0 aromatic heterocycles. The van der Waals surface area contributed by atoms with E-state index in [0.29, 0.717) is 13.0 Å². The summed E-state index contributed by atoms with van der Waals surface area (Å²) >= 11 is 0. The van der Waals surface area contributed by atoms with Gasteiger partial charge in [0.05, 0.1) is 0 Å². The van der Waals surface area contributed by atoms with Crippen LogP contribution in [0.1, 0.15) is 21.9 Å². The minimum absolute atomic E-state index is 0.293. The van der Waals surface area contributed by atoms with Crippen molar-refractivity contribution in [1.29, 1.82) is 0 Å². The normalized spacial score (nSPS) is 12.6. The third-order valence-corrected chi connectivity index (χ3v) is 5.86. The lowest BCUT2D eigenvalue weighted by molar-refractivity contribution is 0.565. The maximum atomic E-state index is 13.0. The average molecular weight is 351 g/mol. The van der Waals surface area contributed by atoms with E-state index >= 15 is 0 Å². The lowest BCUT2D eigenvalue weighted by Gasteiger charge is -2.19. The fraction of sp³-hybridized carbons (Fsp3) is 0.143. The summed E-state index contributed by atoms with van der Waals surface area (Å²) in [7, 11) is -3.52. The van der Waals surface area contributed by atoms with Gasteiger partial charge >= 0.3 is 0 Å². The summed E-state index contributed by atoms with van der Waals surface area (Å²) in [4.78, 5) is 0. The second kappa shape index (κ2) is 8.10. The predicted molar refractivity (Wildman–Crippen MR) is 102 cm³/mol. The maximum Gasteiger partial charge on any atom is 0.219 e. The standard InChI is InChI=1S/C21H21NO2S/c23-25(24,22-17-19-12-6-2-7-13-19)21(20-14-8-3-9-15-20)16-18-10-4-1-5-11-18/h1-15,21-22H,16-17H2/t21-/m0/s1. The zero-order valence-corrected chi connectivity index (χ0v) is 14.7. The van der Waals surface area contributed by atoms with Gasteiger partial charge in [-0.05, 0) is 23.1 Å². The largest absolute Gasteiger partial charge is 0.219 e. The van der Waals surface area contributed by atoms with Gasteiger partial charge in [-0.3, -0.25) is 0 Å². The van der Waals surface area contributed by atoms with Crippen LogP contribution in [0.15, 0.2) is 91.0 Å². The highest BCUT2D eigenvalue weighted by Crippen LogP contribution is 2.26. The molecule has 0 saturated carbocycles. The molecule has 0 fully saturated rings. The molecule has 128 valence electrons. The van der Waals surface area contributed by atoms with Gasteiger partial charge in [-0.2, -0.15) is 0 Å². The first-order chi connectivity index (χ1) is 12.1. The summed E-state index contributed by atoms with van der Waals surface area (Å²) in [5.41, 5.74) is 2.74. The molecule has 3 rings (SSSR count). The summed E-state index contributed by atoms with van der Waals surface area (Å²) < 4.78 is 28.8. The first-order valence-corrected chi connectivity index (χ1v) is 9.81. The predicted octanol–water partition coefficient (Wildman–Crippen LogP) is 4.09. The first-order valence-electron chi connectivity index (χ1n) is 8.26. The second-order valence-electron chi connectivity index (χ2n) is 5.94. The number of nitrogens with one attached hydrogen (secondary N) is 1. The molecular weight excluding hydrogens is 330 g/mol. The van der Waals surface area contributed by atoms with E-state index in [9.17, 15) is 8.42 Å². The highest BCUT2D eigenvalue weighted by Gasteiger charge is 2.27. The van der Waals surface area contributed by atoms with Crippen LogP contribution in [-0.4, -0.2) is 8.42 Å². The lowest BCUT2D eigenvalue weighted by atomic mass is 10.0. The molecule has 0 bridgehead atoms. The highest BCUT2D eigenvalue weighted by atomic mass is 32.2. The summed E-state index contributed by atoms with van der Waals surface area (Å²) in [5, 5.41) is -0.625. The van der Waals surface area contributed by atoms with Crippen molar-refractivity contribution in [3.8, 4) is 0 Å². The van der Waals surface area contributed by atoms with Crippen LogP contribution in [0.5, 0.6) is 0 Å². The van der Waals surface area contributed by atoms with Gasteiger partial charge in [0.15, 0.2) is 0 Å². The van der Waals surface area contributed by atoms with E-state index in [4.69, 9.17) is 0 Å². The van der Waals surface area contributed by atoms with E-state index < -0.39 is 15.3 Å². The molecule has 3 aromatic carbocycles. The average Bonchev–Trinajstić information content (AvgIpc) is 2.67. The quantitative estimate of drug-likeness (QED) is 0.697.